The van der Waals surface area contributed by atoms with Gasteiger partial charge in [0.2, 0.25) is 0 Å². The number of hydrogen-bond acceptors (Lipinski definition) is 3. The first-order valence-corrected chi connectivity index (χ1v) is 4.87. The fourth-order valence-electron chi connectivity index (χ4n) is 1.20. The van der Waals surface area contributed by atoms with E-state index in [1.165, 1.54) is 0 Å². The van der Waals surface area contributed by atoms with Crippen molar-refractivity contribution in [3.8, 4) is 11.8 Å². The molecular formula is C12H13NO2. The maximum absolute atomic E-state index is 11.3. The van der Waals surface area contributed by atoms with Gasteiger partial charge in [-0.15, -0.1) is 0 Å². The Bertz CT molecular complexity index is 393. The summed E-state index contributed by atoms with van der Waals surface area (Å²) in [6.45, 7) is 3.51. The van der Waals surface area contributed by atoms with Crippen LogP contribution in [0.25, 0.3) is 0 Å². The minimum absolute atomic E-state index is 0.0531. The molecule has 0 aromatic heterocycles. The van der Waals surface area contributed by atoms with E-state index >= 15 is 0 Å². The number of rotatable bonds is 4. The van der Waals surface area contributed by atoms with E-state index < -0.39 is 6.10 Å². The largest absolute Gasteiger partial charge is 0.483 e. The van der Waals surface area contributed by atoms with E-state index in [1.54, 1.807) is 38.1 Å². The topological polar surface area (TPSA) is 50.1 Å². The van der Waals surface area contributed by atoms with Crippen molar-refractivity contribution in [2.45, 2.75) is 26.4 Å². The molecule has 78 valence electrons. The third-order valence-electron chi connectivity index (χ3n) is 2.08. The highest BCUT2D eigenvalue weighted by molar-refractivity contribution is 5.82. The molecule has 0 heterocycles. The molecule has 0 spiro atoms. The molecule has 0 N–H and O–H groups in total. The first-order chi connectivity index (χ1) is 7.17. The second kappa shape index (κ2) is 5.16. The molecule has 0 amide bonds. The molecule has 0 fully saturated rings. The van der Waals surface area contributed by atoms with E-state index in [1.807, 2.05) is 6.07 Å². The molecular weight excluding hydrogens is 190 g/mol. The van der Waals surface area contributed by atoms with Crippen molar-refractivity contribution in [2.75, 3.05) is 0 Å². The molecule has 1 unspecified atom stereocenters. The standard InChI is InChI=1S/C12H13NO2/c1-3-12(14)9(2)15-11-6-4-5-10(7-11)8-13/h4-7,9H,3H2,1-2H3. The molecule has 0 bridgehead atoms. The fraction of sp³-hybridized carbons (Fsp3) is 0.333. The summed E-state index contributed by atoms with van der Waals surface area (Å²) in [7, 11) is 0. The van der Waals surface area contributed by atoms with Gasteiger partial charge in [0.25, 0.3) is 0 Å². The Hall–Kier alpha value is -1.82. The van der Waals surface area contributed by atoms with E-state index in [2.05, 4.69) is 0 Å². The van der Waals surface area contributed by atoms with Crippen LogP contribution in [0.15, 0.2) is 24.3 Å². The average Bonchev–Trinajstić information content (AvgIpc) is 2.28. The van der Waals surface area contributed by atoms with Crippen LogP contribution in [0.4, 0.5) is 0 Å². The van der Waals surface area contributed by atoms with Crippen molar-refractivity contribution in [2.24, 2.45) is 0 Å². The van der Waals surface area contributed by atoms with E-state index in [0.29, 0.717) is 17.7 Å². The van der Waals surface area contributed by atoms with E-state index in [0.717, 1.165) is 0 Å². The number of Topliss-reactive ketones (excluding diaryl/α,β-unsaturated/α-hetero) is 1. The normalized spacial score (nSPS) is 11.5. The zero-order valence-electron chi connectivity index (χ0n) is 8.86. The van der Waals surface area contributed by atoms with Gasteiger partial charge >= 0.3 is 0 Å². The van der Waals surface area contributed by atoms with Crippen molar-refractivity contribution >= 4 is 5.78 Å². The molecule has 15 heavy (non-hydrogen) atoms. The summed E-state index contributed by atoms with van der Waals surface area (Å²) in [6, 6.07) is 8.81. The Morgan fingerprint density at radius 2 is 2.33 bits per heavy atom. The van der Waals surface area contributed by atoms with Gasteiger partial charge < -0.3 is 4.74 Å². The molecule has 1 aromatic carbocycles. The van der Waals surface area contributed by atoms with Gasteiger partial charge in [-0.3, -0.25) is 4.79 Å². The van der Waals surface area contributed by atoms with Crippen LogP contribution < -0.4 is 4.74 Å². The van der Waals surface area contributed by atoms with Crippen LogP contribution in [0, 0.1) is 11.3 Å². The maximum Gasteiger partial charge on any atom is 0.172 e. The van der Waals surface area contributed by atoms with Crippen LogP contribution in [-0.4, -0.2) is 11.9 Å². The quantitative estimate of drug-likeness (QED) is 0.754. The molecule has 0 saturated carbocycles. The van der Waals surface area contributed by atoms with E-state index in [-0.39, 0.29) is 5.78 Å². The Kier molecular flexibility index (Phi) is 3.87. The highest BCUT2D eigenvalue weighted by Crippen LogP contribution is 2.14. The summed E-state index contributed by atoms with van der Waals surface area (Å²) < 4.78 is 5.41. The van der Waals surface area contributed by atoms with Gasteiger partial charge in [0, 0.05) is 6.42 Å². The number of carbonyl (C=O) groups is 1. The Morgan fingerprint density at radius 3 is 2.93 bits per heavy atom. The molecule has 1 aromatic rings. The molecule has 1 rings (SSSR count). The number of benzene rings is 1. The summed E-state index contributed by atoms with van der Waals surface area (Å²) in [5.74, 6) is 0.612. The molecule has 3 nitrogen and oxygen atoms in total. The zero-order chi connectivity index (χ0) is 11.3. The minimum atomic E-state index is -0.455. The molecule has 0 aliphatic heterocycles. The Morgan fingerprint density at radius 1 is 1.60 bits per heavy atom. The molecule has 1 atom stereocenters. The highest BCUT2D eigenvalue weighted by Gasteiger charge is 2.11. The lowest BCUT2D eigenvalue weighted by atomic mass is 10.2. The van der Waals surface area contributed by atoms with Crippen LogP contribution in [-0.2, 0) is 4.79 Å². The maximum atomic E-state index is 11.3. The molecule has 0 aliphatic carbocycles. The summed E-state index contributed by atoms with van der Waals surface area (Å²) in [4.78, 5) is 11.3. The smallest absolute Gasteiger partial charge is 0.172 e. The van der Waals surface area contributed by atoms with Gasteiger partial charge in [0.1, 0.15) is 5.75 Å². The van der Waals surface area contributed by atoms with Gasteiger partial charge in [-0.05, 0) is 25.1 Å². The minimum Gasteiger partial charge on any atom is -0.483 e. The van der Waals surface area contributed by atoms with Crippen LogP contribution in [0.1, 0.15) is 25.8 Å². The van der Waals surface area contributed by atoms with Crippen LogP contribution in [0.3, 0.4) is 0 Å². The average molecular weight is 203 g/mol. The second-order valence-electron chi connectivity index (χ2n) is 3.22. The first kappa shape index (κ1) is 11.3. The van der Waals surface area contributed by atoms with Crippen LogP contribution in [0.5, 0.6) is 5.75 Å². The predicted molar refractivity (Wildman–Crippen MR) is 56.5 cm³/mol. The lowest BCUT2D eigenvalue weighted by molar-refractivity contribution is -0.124. The van der Waals surface area contributed by atoms with Crippen molar-refractivity contribution in [3.05, 3.63) is 29.8 Å². The van der Waals surface area contributed by atoms with Crippen molar-refractivity contribution in [3.63, 3.8) is 0 Å². The third-order valence-corrected chi connectivity index (χ3v) is 2.08. The van der Waals surface area contributed by atoms with Gasteiger partial charge in [-0.1, -0.05) is 13.0 Å². The monoisotopic (exact) mass is 203 g/mol. The van der Waals surface area contributed by atoms with Crippen molar-refractivity contribution < 1.29 is 9.53 Å². The van der Waals surface area contributed by atoms with E-state index in [4.69, 9.17) is 10.00 Å². The molecule has 0 saturated heterocycles. The van der Waals surface area contributed by atoms with Gasteiger partial charge in [-0.25, -0.2) is 0 Å². The number of ketones is 1. The van der Waals surface area contributed by atoms with Gasteiger partial charge in [0.15, 0.2) is 11.9 Å². The SMILES string of the molecule is CCC(=O)C(C)Oc1cccc(C#N)c1. The van der Waals surface area contributed by atoms with Gasteiger partial charge in [-0.2, -0.15) is 5.26 Å². The summed E-state index contributed by atoms with van der Waals surface area (Å²) in [6.07, 6.45) is 0.00277. The number of carbonyl (C=O) groups excluding carboxylic acids is 1. The highest BCUT2D eigenvalue weighted by atomic mass is 16.5. The first-order valence-electron chi connectivity index (χ1n) is 4.87. The van der Waals surface area contributed by atoms with Crippen LogP contribution in [0.2, 0.25) is 0 Å². The Balaban J connectivity index is 2.73. The molecule has 0 aliphatic rings. The molecule has 0 radical (unpaired) electrons. The van der Waals surface area contributed by atoms with Gasteiger partial charge in [0.05, 0.1) is 11.6 Å². The van der Waals surface area contributed by atoms with E-state index in [9.17, 15) is 4.79 Å². The number of nitrogens with zero attached hydrogens (tertiary/aromatic N) is 1. The fourth-order valence-corrected chi connectivity index (χ4v) is 1.20. The lowest BCUT2D eigenvalue weighted by Gasteiger charge is -2.12. The van der Waals surface area contributed by atoms with Crippen molar-refractivity contribution in [1.29, 1.82) is 5.26 Å². The third kappa shape index (κ3) is 3.10. The number of ether oxygens (including phenoxy) is 1. The zero-order valence-corrected chi connectivity index (χ0v) is 8.86. The summed E-state index contributed by atoms with van der Waals surface area (Å²) in [5.41, 5.74) is 0.531. The number of nitriles is 1. The summed E-state index contributed by atoms with van der Waals surface area (Å²) >= 11 is 0. The second-order valence-corrected chi connectivity index (χ2v) is 3.22. The number of hydrogen-bond donors (Lipinski definition) is 0. The predicted octanol–water partition coefficient (Wildman–Crippen LogP) is 2.30. The molecule has 3 heteroatoms. The van der Waals surface area contributed by atoms with Crippen molar-refractivity contribution in [1.82, 2.24) is 0 Å². The van der Waals surface area contributed by atoms with Crippen LogP contribution >= 0.6 is 0 Å². The lowest BCUT2D eigenvalue weighted by Crippen LogP contribution is -2.22. The summed E-state index contributed by atoms with van der Waals surface area (Å²) in [5, 5.41) is 8.68. The Labute approximate surface area is 89.3 Å².